The molecule has 2 aromatic carbocycles. The van der Waals surface area contributed by atoms with Crippen molar-refractivity contribution in [2.75, 3.05) is 11.9 Å². The highest BCUT2D eigenvalue weighted by Crippen LogP contribution is 2.29. The lowest BCUT2D eigenvalue weighted by atomic mass is 10.0. The van der Waals surface area contributed by atoms with Crippen molar-refractivity contribution in [3.05, 3.63) is 64.5 Å². The topological polar surface area (TPSA) is 117 Å². The standard InChI is InChI=1S/C24H28FN5O4/c1-6-26-22(32)27-15-9-7-10-16(13-15)29-20(14(2)30(23(33)34)24(3,4)5)28-18-12-8-11-17(25)19(18)21(29)31/h7-14H,6H2,1-5H3,(H,33,34)(H2,26,27,32)/t14-/m0/s1. The van der Waals surface area contributed by atoms with Crippen molar-refractivity contribution in [2.45, 2.75) is 46.2 Å². The van der Waals surface area contributed by atoms with Gasteiger partial charge in [-0.05, 0) is 65.0 Å². The predicted molar refractivity (Wildman–Crippen MR) is 128 cm³/mol. The van der Waals surface area contributed by atoms with Gasteiger partial charge in [0, 0.05) is 17.8 Å². The van der Waals surface area contributed by atoms with Gasteiger partial charge >= 0.3 is 12.1 Å². The molecule has 0 fully saturated rings. The first-order valence-corrected chi connectivity index (χ1v) is 10.8. The number of hydrogen-bond acceptors (Lipinski definition) is 4. The molecule has 1 heterocycles. The molecular formula is C24H28FN5O4. The number of benzene rings is 2. The van der Waals surface area contributed by atoms with Crippen LogP contribution in [0, 0.1) is 5.82 Å². The van der Waals surface area contributed by atoms with Crippen molar-refractivity contribution < 1.29 is 19.1 Å². The van der Waals surface area contributed by atoms with Crippen LogP contribution in [-0.4, -0.2) is 43.8 Å². The molecule has 3 N–H and O–H groups in total. The molecule has 1 aromatic heterocycles. The van der Waals surface area contributed by atoms with Gasteiger partial charge in [-0.1, -0.05) is 12.1 Å². The summed E-state index contributed by atoms with van der Waals surface area (Å²) in [6.07, 6.45) is -1.19. The minimum absolute atomic E-state index is 0.121. The predicted octanol–water partition coefficient (Wildman–Crippen LogP) is 4.51. The maximum absolute atomic E-state index is 14.7. The van der Waals surface area contributed by atoms with Crippen molar-refractivity contribution in [3.63, 3.8) is 0 Å². The van der Waals surface area contributed by atoms with Crippen molar-refractivity contribution >= 4 is 28.7 Å². The van der Waals surface area contributed by atoms with Gasteiger partial charge < -0.3 is 15.7 Å². The number of anilines is 1. The summed E-state index contributed by atoms with van der Waals surface area (Å²) in [6, 6.07) is 9.26. The van der Waals surface area contributed by atoms with Gasteiger partial charge in [-0.2, -0.15) is 0 Å². The van der Waals surface area contributed by atoms with Gasteiger partial charge in [-0.3, -0.25) is 14.3 Å². The van der Waals surface area contributed by atoms with Crippen molar-refractivity contribution in [1.82, 2.24) is 19.8 Å². The van der Waals surface area contributed by atoms with E-state index < -0.39 is 35.1 Å². The van der Waals surface area contributed by atoms with Crippen molar-refractivity contribution in [1.29, 1.82) is 0 Å². The monoisotopic (exact) mass is 469 g/mol. The maximum Gasteiger partial charge on any atom is 0.408 e. The lowest BCUT2D eigenvalue weighted by Crippen LogP contribution is -2.47. The molecular weight excluding hydrogens is 441 g/mol. The number of aromatic nitrogens is 2. The van der Waals surface area contributed by atoms with E-state index in [2.05, 4.69) is 15.6 Å². The molecule has 0 aliphatic heterocycles. The molecule has 0 aliphatic carbocycles. The molecule has 1 atom stereocenters. The zero-order valence-corrected chi connectivity index (χ0v) is 19.7. The van der Waals surface area contributed by atoms with E-state index in [0.717, 1.165) is 0 Å². The second-order valence-electron chi connectivity index (χ2n) is 8.78. The minimum atomic E-state index is -1.19. The molecule has 0 aliphatic rings. The van der Waals surface area contributed by atoms with E-state index in [9.17, 15) is 23.9 Å². The Labute approximate surface area is 196 Å². The Bertz CT molecular complexity index is 1300. The highest BCUT2D eigenvalue weighted by atomic mass is 19.1. The molecule has 0 bridgehead atoms. The molecule has 3 aromatic rings. The van der Waals surface area contributed by atoms with E-state index >= 15 is 0 Å². The molecule has 3 rings (SSSR count). The average Bonchev–Trinajstić information content (AvgIpc) is 2.72. The number of rotatable bonds is 5. The van der Waals surface area contributed by atoms with Crippen molar-refractivity contribution in [2.24, 2.45) is 0 Å². The number of carbonyl (C=O) groups is 2. The van der Waals surface area contributed by atoms with Crippen LogP contribution in [0.15, 0.2) is 47.3 Å². The number of halogens is 1. The first kappa shape index (κ1) is 24.7. The van der Waals surface area contributed by atoms with Crippen LogP contribution in [0.1, 0.15) is 46.5 Å². The number of amides is 3. The van der Waals surface area contributed by atoms with Gasteiger partial charge in [0.05, 0.1) is 17.2 Å². The zero-order valence-electron chi connectivity index (χ0n) is 19.7. The summed E-state index contributed by atoms with van der Waals surface area (Å²) in [6.45, 7) is 9.03. The molecule has 34 heavy (non-hydrogen) atoms. The van der Waals surface area contributed by atoms with Gasteiger partial charge in [-0.25, -0.2) is 19.0 Å². The Morgan fingerprint density at radius 1 is 1.21 bits per heavy atom. The molecule has 9 nitrogen and oxygen atoms in total. The Kier molecular flexibility index (Phi) is 6.90. The zero-order chi connectivity index (χ0) is 25.2. The van der Waals surface area contributed by atoms with E-state index in [4.69, 9.17) is 0 Å². The fraction of sp³-hybridized carbons (Fsp3) is 0.333. The highest BCUT2D eigenvalue weighted by Gasteiger charge is 2.34. The smallest absolute Gasteiger partial charge is 0.408 e. The normalized spacial score (nSPS) is 12.3. The first-order valence-electron chi connectivity index (χ1n) is 10.8. The number of carboxylic acid groups (broad SMARTS) is 1. The van der Waals surface area contributed by atoms with E-state index in [-0.39, 0.29) is 16.7 Å². The number of nitrogens with zero attached hydrogens (tertiary/aromatic N) is 3. The molecule has 0 saturated heterocycles. The maximum atomic E-state index is 14.7. The van der Waals surface area contributed by atoms with Crippen LogP contribution in [0.25, 0.3) is 16.6 Å². The summed E-state index contributed by atoms with van der Waals surface area (Å²) in [5, 5.41) is 15.0. The molecule has 3 amide bonds. The second kappa shape index (κ2) is 9.50. The van der Waals surface area contributed by atoms with Gasteiger partial charge in [0.15, 0.2) is 0 Å². The Morgan fingerprint density at radius 3 is 2.50 bits per heavy atom. The van der Waals surface area contributed by atoms with Crippen LogP contribution in [0.2, 0.25) is 0 Å². The largest absolute Gasteiger partial charge is 0.465 e. The summed E-state index contributed by atoms with van der Waals surface area (Å²) in [4.78, 5) is 43.4. The Balaban J connectivity index is 2.30. The molecule has 180 valence electrons. The summed E-state index contributed by atoms with van der Waals surface area (Å²) in [7, 11) is 0. The van der Waals surface area contributed by atoms with Crippen LogP contribution >= 0.6 is 0 Å². The van der Waals surface area contributed by atoms with Gasteiger partial charge in [0.2, 0.25) is 0 Å². The van der Waals surface area contributed by atoms with E-state index in [1.807, 2.05) is 0 Å². The third-order valence-corrected chi connectivity index (χ3v) is 5.26. The average molecular weight is 470 g/mol. The molecule has 0 saturated carbocycles. The highest BCUT2D eigenvalue weighted by molar-refractivity contribution is 5.89. The van der Waals surface area contributed by atoms with E-state index in [0.29, 0.717) is 17.9 Å². The van der Waals surface area contributed by atoms with Crippen molar-refractivity contribution in [3.8, 4) is 5.69 Å². The Morgan fingerprint density at radius 2 is 1.88 bits per heavy atom. The third-order valence-electron chi connectivity index (χ3n) is 5.26. The first-order chi connectivity index (χ1) is 16.0. The van der Waals surface area contributed by atoms with E-state index in [1.165, 1.54) is 27.7 Å². The van der Waals surface area contributed by atoms with Gasteiger partial charge in [0.1, 0.15) is 17.0 Å². The fourth-order valence-corrected chi connectivity index (χ4v) is 3.94. The lowest BCUT2D eigenvalue weighted by molar-refractivity contribution is 0.0719. The van der Waals surface area contributed by atoms with Gasteiger partial charge in [-0.15, -0.1) is 0 Å². The van der Waals surface area contributed by atoms with Crippen LogP contribution < -0.4 is 16.2 Å². The molecule has 0 radical (unpaired) electrons. The number of urea groups is 1. The summed E-state index contributed by atoms with van der Waals surface area (Å²) in [5.74, 6) is -0.610. The number of nitrogens with one attached hydrogen (secondary N) is 2. The van der Waals surface area contributed by atoms with Crippen LogP contribution in [0.3, 0.4) is 0 Å². The quantitative estimate of drug-likeness (QED) is 0.509. The van der Waals surface area contributed by atoms with Crippen LogP contribution in [-0.2, 0) is 0 Å². The third kappa shape index (κ3) is 4.85. The fourth-order valence-electron chi connectivity index (χ4n) is 3.94. The molecule has 10 heteroatoms. The SMILES string of the molecule is CCNC(=O)Nc1cccc(-n2c([C@H](C)N(C(=O)O)C(C)(C)C)nc3cccc(F)c3c2=O)c1. The lowest BCUT2D eigenvalue weighted by Gasteiger charge is -2.38. The number of hydrogen-bond donors (Lipinski definition) is 3. The van der Waals surface area contributed by atoms with Crippen LogP contribution in [0.4, 0.5) is 19.7 Å². The van der Waals surface area contributed by atoms with Crippen LogP contribution in [0.5, 0.6) is 0 Å². The Hall–Kier alpha value is -3.95. The number of fused-ring (bicyclic) bond motifs is 1. The summed E-state index contributed by atoms with van der Waals surface area (Å²) >= 11 is 0. The summed E-state index contributed by atoms with van der Waals surface area (Å²) < 4.78 is 15.9. The minimum Gasteiger partial charge on any atom is -0.465 e. The molecule has 0 unspecified atom stereocenters. The van der Waals surface area contributed by atoms with E-state index in [1.54, 1.807) is 58.9 Å². The molecule has 0 spiro atoms. The summed E-state index contributed by atoms with van der Waals surface area (Å²) in [5.41, 5.74) is -0.670. The number of carbonyl (C=O) groups excluding carboxylic acids is 1. The second-order valence-corrected chi connectivity index (χ2v) is 8.78. The van der Waals surface area contributed by atoms with Gasteiger partial charge in [0.25, 0.3) is 5.56 Å².